The van der Waals surface area contributed by atoms with Crippen LogP contribution in [0.3, 0.4) is 0 Å². The van der Waals surface area contributed by atoms with Crippen molar-refractivity contribution in [3.63, 3.8) is 0 Å². The Balaban J connectivity index is 1.82. The van der Waals surface area contributed by atoms with E-state index in [1.54, 1.807) is 0 Å². The third-order valence-electron chi connectivity index (χ3n) is 4.13. The lowest BCUT2D eigenvalue weighted by molar-refractivity contribution is 0.103. The third kappa shape index (κ3) is 1.88. The van der Waals surface area contributed by atoms with Crippen molar-refractivity contribution in [1.82, 2.24) is 5.32 Å². The molecule has 14 heavy (non-hydrogen) atoms. The first-order valence-corrected chi connectivity index (χ1v) is 6.10. The summed E-state index contributed by atoms with van der Waals surface area (Å²) >= 11 is 0. The fourth-order valence-corrected chi connectivity index (χ4v) is 3.09. The smallest absolute Gasteiger partial charge is 0.0140 e. The van der Waals surface area contributed by atoms with Gasteiger partial charge < -0.3 is 5.32 Å². The summed E-state index contributed by atoms with van der Waals surface area (Å²) in [5.41, 5.74) is 2.16. The molecule has 1 nitrogen and oxygen atoms in total. The van der Waals surface area contributed by atoms with Crippen LogP contribution in [0.1, 0.15) is 52.4 Å². The number of rotatable bonds is 3. The van der Waals surface area contributed by atoms with Crippen molar-refractivity contribution < 1.29 is 0 Å². The van der Waals surface area contributed by atoms with Crippen molar-refractivity contribution in [3.05, 3.63) is 11.6 Å². The average molecular weight is 193 g/mol. The molecule has 2 saturated carbocycles. The maximum absolute atomic E-state index is 3.73. The van der Waals surface area contributed by atoms with Crippen LogP contribution in [0.2, 0.25) is 0 Å². The summed E-state index contributed by atoms with van der Waals surface area (Å²) in [6.07, 6.45) is 11.1. The van der Waals surface area contributed by atoms with E-state index in [0.29, 0.717) is 0 Å². The van der Waals surface area contributed by atoms with E-state index in [4.69, 9.17) is 0 Å². The highest BCUT2D eigenvalue weighted by Gasteiger charge is 2.46. The van der Waals surface area contributed by atoms with Gasteiger partial charge in [-0.25, -0.2) is 0 Å². The van der Waals surface area contributed by atoms with Gasteiger partial charge in [0, 0.05) is 12.6 Å². The predicted octanol–water partition coefficient (Wildman–Crippen LogP) is 3.27. The van der Waals surface area contributed by atoms with E-state index in [0.717, 1.165) is 18.0 Å². The molecule has 80 valence electrons. The molecular formula is C13H23N. The van der Waals surface area contributed by atoms with Crippen molar-refractivity contribution in [2.75, 3.05) is 6.54 Å². The fraction of sp³-hybridized carbons (Fsp3) is 0.846. The Bertz CT molecular complexity index is 221. The van der Waals surface area contributed by atoms with Gasteiger partial charge in [0.2, 0.25) is 0 Å². The van der Waals surface area contributed by atoms with Gasteiger partial charge in [-0.2, -0.15) is 0 Å². The molecule has 0 saturated heterocycles. The summed E-state index contributed by atoms with van der Waals surface area (Å²) in [6.45, 7) is 5.43. The molecule has 0 amide bonds. The lowest BCUT2D eigenvalue weighted by Crippen LogP contribution is -2.45. The molecule has 1 spiro atoms. The zero-order chi connectivity index (χ0) is 10.0. The van der Waals surface area contributed by atoms with Crippen molar-refractivity contribution in [2.45, 2.75) is 58.4 Å². The largest absolute Gasteiger partial charge is 0.310 e. The quantitative estimate of drug-likeness (QED) is 0.678. The lowest BCUT2D eigenvalue weighted by atomic mass is 9.65. The Hall–Kier alpha value is -0.300. The highest BCUT2D eigenvalue weighted by Crippen LogP contribution is 2.53. The molecule has 0 heterocycles. The maximum Gasteiger partial charge on any atom is 0.0140 e. The normalized spacial score (nSPS) is 28.9. The van der Waals surface area contributed by atoms with E-state index in [1.807, 2.05) is 0 Å². The van der Waals surface area contributed by atoms with E-state index < -0.39 is 0 Å². The molecule has 0 bridgehead atoms. The zero-order valence-corrected chi connectivity index (χ0v) is 9.60. The summed E-state index contributed by atoms with van der Waals surface area (Å²) in [5.74, 6) is 0. The minimum Gasteiger partial charge on any atom is -0.310 e. The number of nitrogens with one attached hydrogen (secondary N) is 1. The summed E-state index contributed by atoms with van der Waals surface area (Å²) in [6, 6.07) is 0.826. The van der Waals surface area contributed by atoms with Gasteiger partial charge in [0.15, 0.2) is 0 Å². The Morgan fingerprint density at radius 3 is 2.57 bits per heavy atom. The Morgan fingerprint density at radius 2 is 2.00 bits per heavy atom. The first kappa shape index (κ1) is 10.2. The summed E-state index contributed by atoms with van der Waals surface area (Å²) < 4.78 is 0. The molecule has 0 aliphatic heterocycles. The van der Waals surface area contributed by atoms with Gasteiger partial charge in [0.1, 0.15) is 0 Å². The van der Waals surface area contributed by atoms with E-state index >= 15 is 0 Å². The van der Waals surface area contributed by atoms with Crippen LogP contribution in [0.15, 0.2) is 11.6 Å². The highest BCUT2D eigenvalue weighted by atomic mass is 14.9. The van der Waals surface area contributed by atoms with Gasteiger partial charge in [-0.15, -0.1) is 0 Å². The number of allylic oxidation sites excluding steroid dienone is 1. The summed E-state index contributed by atoms with van der Waals surface area (Å²) in [5, 5.41) is 3.73. The van der Waals surface area contributed by atoms with Gasteiger partial charge in [0.25, 0.3) is 0 Å². The molecule has 2 rings (SSSR count). The van der Waals surface area contributed by atoms with E-state index in [9.17, 15) is 0 Å². The fourth-order valence-electron chi connectivity index (χ4n) is 3.09. The third-order valence-corrected chi connectivity index (χ3v) is 4.13. The molecule has 2 aliphatic carbocycles. The van der Waals surface area contributed by atoms with Crippen molar-refractivity contribution in [1.29, 1.82) is 0 Å². The van der Waals surface area contributed by atoms with Gasteiger partial charge in [-0.3, -0.25) is 0 Å². The Morgan fingerprint density at radius 1 is 1.29 bits per heavy atom. The van der Waals surface area contributed by atoms with Gasteiger partial charge in [-0.05, 0) is 44.9 Å². The summed E-state index contributed by atoms with van der Waals surface area (Å²) in [4.78, 5) is 0. The zero-order valence-electron chi connectivity index (χ0n) is 9.60. The standard InChI is InChI=1S/C13H23N/c1-11(2)6-10-14-12-5-3-7-13(12)8-4-9-13/h6,12,14H,3-5,7-10H2,1-2H3. The number of hydrogen-bond acceptors (Lipinski definition) is 1. The molecular weight excluding hydrogens is 170 g/mol. The molecule has 0 radical (unpaired) electrons. The second kappa shape index (κ2) is 4.06. The molecule has 1 unspecified atom stereocenters. The first-order valence-electron chi connectivity index (χ1n) is 6.10. The molecule has 0 aromatic heterocycles. The maximum atomic E-state index is 3.73. The molecule has 2 aliphatic rings. The lowest BCUT2D eigenvalue weighted by Gasteiger charge is -2.44. The van der Waals surface area contributed by atoms with Crippen LogP contribution < -0.4 is 5.32 Å². The molecule has 1 heteroatoms. The van der Waals surface area contributed by atoms with Crippen LogP contribution in [0.4, 0.5) is 0 Å². The average Bonchev–Trinajstić information content (AvgIpc) is 2.46. The monoisotopic (exact) mass is 193 g/mol. The minimum absolute atomic E-state index is 0.732. The van der Waals surface area contributed by atoms with Gasteiger partial charge in [0.05, 0.1) is 0 Å². The first-order chi connectivity index (χ1) is 6.73. The highest BCUT2D eigenvalue weighted by molar-refractivity contribution is 5.03. The SMILES string of the molecule is CC(C)=CCNC1CCCC12CCC2. The van der Waals surface area contributed by atoms with E-state index in [2.05, 4.69) is 25.2 Å². The van der Waals surface area contributed by atoms with E-state index in [1.165, 1.54) is 44.1 Å². The number of hydrogen-bond donors (Lipinski definition) is 1. The molecule has 0 aromatic rings. The Kier molecular flexibility index (Phi) is 2.96. The van der Waals surface area contributed by atoms with Crippen LogP contribution in [-0.2, 0) is 0 Å². The predicted molar refractivity (Wildman–Crippen MR) is 61.4 cm³/mol. The van der Waals surface area contributed by atoms with Crippen LogP contribution in [-0.4, -0.2) is 12.6 Å². The molecule has 0 aromatic carbocycles. The van der Waals surface area contributed by atoms with Crippen LogP contribution in [0, 0.1) is 5.41 Å². The minimum atomic E-state index is 0.732. The molecule has 2 fully saturated rings. The van der Waals surface area contributed by atoms with Crippen molar-refractivity contribution in [3.8, 4) is 0 Å². The van der Waals surface area contributed by atoms with Crippen LogP contribution in [0.25, 0.3) is 0 Å². The van der Waals surface area contributed by atoms with Gasteiger partial charge >= 0.3 is 0 Å². The second-order valence-corrected chi connectivity index (χ2v) is 5.35. The van der Waals surface area contributed by atoms with Crippen LogP contribution >= 0.6 is 0 Å². The summed E-state index contributed by atoms with van der Waals surface area (Å²) in [7, 11) is 0. The second-order valence-electron chi connectivity index (χ2n) is 5.35. The van der Waals surface area contributed by atoms with Crippen LogP contribution in [0.5, 0.6) is 0 Å². The van der Waals surface area contributed by atoms with Crippen molar-refractivity contribution >= 4 is 0 Å². The molecule has 1 atom stereocenters. The molecule has 1 N–H and O–H groups in total. The van der Waals surface area contributed by atoms with Crippen molar-refractivity contribution in [2.24, 2.45) is 5.41 Å². The Labute approximate surface area is 88.0 Å². The van der Waals surface area contributed by atoms with Gasteiger partial charge in [-0.1, -0.05) is 24.5 Å². The topological polar surface area (TPSA) is 12.0 Å². The van der Waals surface area contributed by atoms with E-state index in [-0.39, 0.29) is 0 Å².